The third-order valence-electron chi connectivity index (χ3n) is 4.70. The number of anilines is 1. The number of hydrogen-bond acceptors (Lipinski definition) is 11. The molecule has 0 radical (unpaired) electrons. The number of nitro groups is 1. The SMILES string of the molecule is CCC(=O)C(=O)Nc1cc(N=Nc2c(C#N)cnn2-c2ccc(S(N)(=O)=O)cc2[N+](=O)[O-])cc(Cl)c1O. The van der Waals surface area contributed by atoms with Crippen molar-refractivity contribution in [2.24, 2.45) is 15.4 Å². The summed E-state index contributed by atoms with van der Waals surface area (Å²) in [6.07, 6.45) is 0.975. The predicted molar refractivity (Wildman–Crippen MR) is 128 cm³/mol. The Morgan fingerprint density at radius 1 is 1.32 bits per heavy atom. The molecule has 190 valence electrons. The summed E-state index contributed by atoms with van der Waals surface area (Å²) in [5.74, 6) is -2.56. The highest BCUT2D eigenvalue weighted by Gasteiger charge is 2.24. The van der Waals surface area contributed by atoms with Crippen molar-refractivity contribution in [3.05, 3.63) is 57.2 Å². The van der Waals surface area contributed by atoms with Gasteiger partial charge in [0.05, 0.1) is 32.4 Å². The molecule has 1 aromatic heterocycles. The number of nitriles is 1. The van der Waals surface area contributed by atoms with Crippen molar-refractivity contribution in [1.29, 1.82) is 5.26 Å². The summed E-state index contributed by atoms with van der Waals surface area (Å²) in [6, 6.07) is 6.90. The van der Waals surface area contributed by atoms with Crippen LogP contribution in [0.4, 0.5) is 22.9 Å². The normalized spacial score (nSPS) is 11.3. The first-order valence-corrected chi connectivity index (χ1v) is 11.9. The van der Waals surface area contributed by atoms with Gasteiger partial charge >= 0.3 is 0 Å². The van der Waals surface area contributed by atoms with Crippen LogP contribution in [0.3, 0.4) is 0 Å². The Morgan fingerprint density at radius 3 is 2.62 bits per heavy atom. The molecule has 0 fully saturated rings. The number of carbonyl (C=O) groups is 2. The first-order chi connectivity index (χ1) is 17.4. The van der Waals surface area contributed by atoms with Gasteiger partial charge in [-0.25, -0.2) is 18.2 Å². The molecule has 0 aliphatic rings. The second kappa shape index (κ2) is 10.5. The minimum absolute atomic E-state index is 0.0437. The van der Waals surface area contributed by atoms with Crippen molar-refractivity contribution in [2.45, 2.75) is 18.2 Å². The fraction of sp³-hybridized carbons (Fsp3) is 0.100. The van der Waals surface area contributed by atoms with E-state index in [1.807, 2.05) is 0 Å². The van der Waals surface area contributed by atoms with Gasteiger partial charge in [0.25, 0.3) is 11.6 Å². The molecule has 0 spiro atoms. The minimum Gasteiger partial charge on any atom is -0.504 e. The first-order valence-electron chi connectivity index (χ1n) is 9.95. The monoisotopic (exact) mass is 546 g/mol. The van der Waals surface area contributed by atoms with Crippen molar-refractivity contribution in [2.75, 3.05) is 5.32 Å². The topological polar surface area (TPSA) is 236 Å². The molecule has 0 saturated heterocycles. The van der Waals surface area contributed by atoms with E-state index in [2.05, 4.69) is 20.6 Å². The zero-order valence-corrected chi connectivity index (χ0v) is 20.2. The molecule has 0 unspecified atom stereocenters. The molecule has 37 heavy (non-hydrogen) atoms. The highest BCUT2D eigenvalue weighted by Crippen LogP contribution is 2.37. The van der Waals surface area contributed by atoms with Crippen molar-refractivity contribution < 1.29 is 28.0 Å². The number of sulfonamides is 1. The van der Waals surface area contributed by atoms with Gasteiger partial charge in [0.15, 0.2) is 11.6 Å². The van der Waals surface area contributed by atoms with Crippen LogP contribution in [-0.4, -0.2) is 39.9 Å². The Hall–Kier alpha value is -4.72. The van der Waals surface area contributed by atoms with E-state index in [0.717, 1.165) is 41.2 Å². The van der Waals surface area contributed by atoms with Crippen LogP contribution in [0.2, 0.25) is 5.02 Å². The number of aromatic nitrogens is 2. The Bertz CT molecular complexity index is 1630. The number of Topliss-reactive ketones (excluding diaryl/α,β-unsaturated/α-hetero) is 1. The molecule has 0 atom stereocenters. The van der Waals surface area contributed by atoms with E-state index >= 15 is 0 Å². The number of ketones is 1. The van der Waals surface area contributed by atoms with Crippen LogP contribution in [-0.2, 0) is 19.6 Å². The largest absolute Gasteiger partial charge is 0.504 e. The van der Waals surface area contributed by atoms with Crippen molar-refractivity contribution in [3.63, 3.8) is 0 Å². The minimum atomic E-state index is -4.25. The number of rotatable bonds is 8. The smallest absolute Gasteiger partial charge is 0.296 e. The quantitative estimate of drug-likeness (QED) is 0.123. The fourth-order valence-electron chi connectivity index (χ4n) is 2.89. The molecule has 1 heterocycles. The first kappa shape index (κ1) is 26.9. The number of amides is 1. The van der Waals surface area contributed by atoms with Crippen LogP contribution < -0.4 is 10.5 Å². The van der Waals surface area contributed by atoms with E-state index in [-0.39, 0.29) is 39.9 Å². The number of benzene rings is 2. The maximum absolute atomic E-state index is 11.9. The fourth-order valence-corrected chi connectivity index (χ4v) is 3.64. The highest BCUT2D eigenvalue weighted by atomic mass is 35.5. The number of nitro benzene ring substituents is 1. The number of halogens is 1. The summed E-state index contributed by atoms with van der Waals surface area (Å²) in [4.78, 5) is 33.7. The lowest BCUT2D eigenvalue weighted by atomic mass is 10.2. The maximum atomic E-state index is 11.9. The standard InChI is InChI=1S/C20H15ClN8O7S/c1-2-17(30)20(32)25-14-6-11(5-13(21)18(14)31)26-27-19-10(8-22)9-24-28(19)15-4-3-12(37(23,35)36)7-16(15)29(33)34/h3-7,9,31H,2H2,1H3,(H,25,32)(H2,23,35,36). The summed E-state index contributed by atoms with van der Waals surface area (Å²) in [7, 11) is -4.25. The van der Waals surface area contributed by atoms with Gasteiger partial charge in [0.1, 0.15) is 17.3 Å². The lowest BCUT2D eigenvalue weighted by molar-refractivity contribution is -0.384. The van der Waals surface area contributed by atoms with Gasteiger partial charge in [0, 0.05) is 12.5 Å². The summed E-state index contributed by atoms with van der Waals surface area (Å²) in [6.45, 7) is 1.47. The van der Waals surface area contributed by atoms with E-state index in [1.54, 1.807) is 6.07 Å². The third kappa shape index (κ3) is 5.75. The van der Waals surface area contributed by atoms with Crippen LogP contribution in [0.1, 0.15) is 18.9 Å². The Morgan fingerprint density at radius 2 is 2.03 bits per heavy atom. The molecule has 17 heteroatoms. The molecule has 0 bridgehead atoms. The molecule has 15 nitrogen and oxygen atoms in total. The molecule has 0 aliphatic heterocycles. The van der Waals surface area contributed by atoms with Crippen LogP contribution in [0, 0.1) is 21.4 Å². The number of nitrogens with two attached hydrogens (primary N) is 1. The van der Waals surface area contributed by atoms with Crippen LogP contribution >= 0.6 is 11.6 Å². The van der Waals surface area contributed by atoms with Gasteiger partial charge in [-0.1, -0.05) is 18.5 Å². The van der Waals surface area contributed by atoms with Gasteiger partial charge in [0.2, 0.25) is 15.8 Å². The number of carbonyl (C=O) groups excluding carboxylic acids is 2. The van der Waals surface area contributed by atoms with E-state index in [4.69, 9.17) is 16.7 Å². The van der Waals surface area contributed by atoms with E-state index < -0.39 is 43.0 Å². The number of primary sulfonamides is 1. The number of aromatic hydroxyl groups is 1. The molecule has 4 N–H and O–H groups in total. The Kier molecular flexibility index (Phi) is 7.62. The van der Waals surface area contributed by atoms with Gasteiger partial charge < -0.3 is 10.4 Å². The molecule has 0 aliphatic carbocycles. The van der Waals surface area contributed by atoms with Gasteiger partial charge in [-0.05, 0) is 24.3 Å². The van der Waals surface area contributed by atoms with Gasteiger partial charge in [-0.15, -0.1) is 10.2 Å². The van der Waals surface area contributed by atoms with E-state index in [1.165, 1.54) is 6.92 Å². The summed E-state index contributed by atoms with van der Waals surface area (Å²) in [5, 5.41) is 49.9. The number of nitrogens with zero attached hydrogens (tertiary/aromatic N) is 6. The van der Waals surface area contributed by atoms with Crippen LogP contribution in [0.5, 0.6) is 5.75 Å². The van der Waals surface area contributed by atoms with Crippen molar-refractivity contribution in [3.8, 4) is 17.5 Å². The molecule has 3 rings (SSSR count). The number of phenolic OH excluding ortho intramolecular Hbond substituents is 1. The zero-order valence-electron chi connectivity index (χ0n) is 18.6. The Balaban J connectivity index is 2.10. The lowest BCUT2D eigenvalue weighted by Gasteiger charge is -2.09. The highest BCUT2D eigenvalue weighted by molar-refractivity contribution is 7.89. The number of azo groups is 1. The summed E-state index contributed by atoms with van der Waals surface area (Å²) >= 11 is 5.98. The molecule has 3 aromatic rings. The predicted octanol–water partition coefficient (Wildman–Crippen LogP) is 2.99. The second-order valence-electron chi connectivity index (χ2n) is 7.11. The van der Waals surface area contributed by atoms with Crippen LogP contribution in [0.15, 0.2) is 51.7 Å². The third-order valence-corrected chi connectivity index (χ3v) is 5.89. The number of hydrogen-bond donors (Lipinski definition) is 3. The van der Waals surface area contributed by atoms with Crippen molar-refractivity contribution in [1.82, 2.24) is 9.78 Å². The average molecular weight is 547 g/mol. The second-order valence-corrected chi connectivity index (χ2v) is 9.08. The van der Waals surface area contributed by atoms with Crippen LogP contribution in [0.25, 0.3) is 5.69 Å². The molecule has 0 saturated carbocycles. The zero-order chi connectivity index (χ0) is 27.5. The van der Waals surface area contributed by atoms with Crippen molar-refractivity contribution >= 4 is 56.2 Å². The number of phenols is 1. The van der Waals surface area contributed by atoms with Gasteiger partial charge in [-0.3, -0.25) is 19.7 Å². The Labute approximate surface area is 213 Å². The molecular formula is C20H15ClN8O7S. The molecular weight excluding hydrogens is 532 g/mol. The van der Waals surface area contributed by atoms with E-state index in [0.29, 0.717) is 0 Å². The molecule has 1 amide bonds. The summed E-state index contributed by atoms with van der Waals surface area (Å²) in [5.41, 5.74) is -1.38. The lowest BCUT2D eigenvalue weighted by Crippen LogP contribution is -2.21. The molecule has 2 aromatic carbocycles. The maximum Gasteiger partial charge on any atom is 0.296 e. The average Bonchev–Trinajstić information content (AvgIpc) is 3.26. The summed E-state index contributed by atoms with van der Waals surface area (Å²) < 4.78 is 24.1. The number of nitrogens with one attached hydrogen (secondary N) is 1. The van der Waals surface area contributed by atoms with E-state index in [9.17, 15) is 38.5 Å². The van der Waals surface area contributed by atoms with Gasteiger partial charge in [-0.2, -0.15) is 10.4 Å².